The number of ether oxygens (including phenoxy) is 1. The van der Waals surface area contributed by atoms with E-state index in [1.165, 1.54) is 244 Å². The van der Waals surface area contributed by atoms with Gasteiger partial charge in [-0.1, -0.05) is 312 Å². The molecule has 0 aromatic carbocycles. The van der Waals surface area contributed by atoms with Crippen LogP contribution >= 0.6 is 7.82 Å². The fraction of sp³-hybridized carbons (Fsp3) is 0.818. The second-order valence-corrected chi connectivity index (χ2v) is 27.9. The molecule has 0 rings (SSSR count). The first-order chi connectivity index (χ1) is 42.4. The number of hydrogen-bond acceptors (Lipinski definition) is 7. The van der Waals surface area contributed by atoms with Crippen molar-refractivity contribution in [3.05, 3.63) is 72.9 Å². The van der Waals surface area contributed by atoms with Crippen LogP contribution in [0, 0.1) is 0 Å². The van der Waals surface area contributed by atoms with Gasteiger partial charge in [0.25, 0.3) is 7.82 Å². The second-order valence-electron chi connectivity index (χ2n) is 26.4. The van der Waals surface area contributed by atoms with Crippen LogP contribution < -0.4 is 10.2 Å². The van der Waals surface area contributed by atoms with Crippen molar-refractivity contribution in [1.29, 1.82) is 0 Å². The monoisotopic (exact) mass is 1240 g/mol. The predicted octanol–water partition coefficient (Wildman–Crippen LogP) is 23.3. The third kappa shape index (κ3) is 67.7. The van der Waals surface area contributed by atoms with E-state index in [1.54, 1.807) is 0 Å². The van der Waals surface area contributed by atoms with E-state index in [0.29, 0.717) is 17.4 Å². The summed E-state index contributed by atoms with van der Waals surface area (Å²) in [6, 6.07) is -0.893. The van der Waals surface area contributed by atoms with E-state index in [4.69, 9.17) is 13.8 Å². The standard InChI is InChI=1S/C77H143N2O7P/c1-7-10-13-16-19-22-25-28-30-32-34-36-38-39-41-42-44-46-48-51-54-57-60-63-66-69-76(80)78-74(73-85-87(82,83)84-72-71-79(4,5)6)75(68-65-62-59-56-53-50-27-24-21-18-15-12-9-3)86-77(81)70-67-64-61-58-55-52-49-47-45-43-40-37-35-33-31-29-26-23-20-17-14-11-8-2/h19-20,22-23,28-31,34,36,65,68,74-75H,7-18,21,24-27,32-33,35,37-64,66-67,69-73H2,1-6H3,(H-,78,80,82,83)/b22-19-,23-20-,30-28-,31-29-,36-34-,68-65+. The van der Waals surface area contributed by atoms with Gasteiger partial charge in [-0.3, -0.25) is 14.2 Å². The smallest absolute Gasteiger partial charge is 0.306 e. The maximum absolute atomic E-state index is 13.6. The van der Waals surface area contributed by atoms with Crippen molar-refractivity contribution in [3.63, 3.8) is 0 Å². The summed E-state index contributed by atoms with van der Waals surface area (Å²) >= 11 is 0. The van der Waals surface area contributed by atoms with Gasteiger partial charge >= 0.3 is 5.97 Å². The molecule has 0 heterocycles. The van der Waals surface area contributed by atoms with Crippen LogP contribution in [0.3, 0.4) is 0 Å². The lowest BCUT2D eigenvalue weighted by Gasteiger charge is -2.30. The maximum atomic E-state index is 13.6. The number of phosphoric acid groups is 1. The number of carbonyl (C=O) groups is 2. The molecule has 0 saturated carbocycles. The molecule has 508 valence electrons. The fourth-order valence-electron chi connectivity index (χ4n) is 10.9. The van der Waals surface area contributed by atoms with Crippen LogP contribution in [0.5, 0.6) is 0 Å². The molecule has 0 aromatic rings. The van der Waals surface area contributed by atoms with E-state index < -0.39 is 20.0 Å². The van der Waals surface area contributed by atoms with Crippen LogP contribution in [-0.4, -0.2) is 69.4 Å². The van der Waals surface area contributed by atoms with Crippen molar-refractivity contribution in [2.24, 2.45) is 0 Å². The largest absolute Gasteiger partial charge is 0.756 e. The highest BCUT2D eigenvalue weighted by Gasteiger charge is 2.27. The Morgan fingerprint density at radius 1 is 0.402 bits per heavy atom. The minimum atomic E-state index is -4.71. The predicted molar refractivity (Wildman–Crippen MR) is 376 cm³/mol. The summed E-state index contributed by atoms with van der Waals surface area (Å²) in [5, 5.41) is 3.05. The normalized spacial score (nSPS) is 13.9. The van der Waals surface area contributed by atoms with Crippen LogP contribution in [0.2, 0.25) is 0 Å². The summed E-state index contributed by atoms with van der Waals surface area (Å²) in [5.41, 5.74) is 0. The summed E-state index contributed by atoms with van der Waals surface area (Å²) < 4.78 is 30.5. The summed E-state index contributed by atoms with van der Waals surface area (Å²) in [7, 11) is 1.19. The molecule has 0 aliphatic rings. The van der Waals surface area contributed by atoms with Gasteiger partial charge in [-0.25, -0.2) is 0 Å². The molecule has 0 spiro atoms. The number of quaternary nitrogens is 1. The summed E-state index contributed by atoms with van der Waals surface area (Å²) in [6.07, 6.45) is 87.4. The number of amides is 1. The Bertz CT molecular complexity index is 1720. The Kier molecular flexibility index (Phi) is 64.4. The third-order valence-electron chi connectivity index (χ3n) is 16.6. The van der Waals surface area contributed by atoms with Crippen LogP contribution in [-0.2, 0) is 27.9 Å². The number of nitrogens with zero attached hydrogens (tertiary/aromatic N) is 1. The Labute approximate surface area is 540 Å². The molecule has 9 nitrogen and oxygen atoms in total. The van der Waals surface area contributed by atoms with Crippen molar-refractivity contribution in [2.75, 3.05) is 40.9 Å². The van der Waals surface area contributed by atoms with Crippen LogP contribution in [0.4, 0.5) is 0 Å². The molecule has 0 bridgehead atoms. The molecule has 0 saturated heterocycles. The highest BCUT2D eigenvalue weighted by Crippen LogP contribution is 2.38. The summed E-state index contributed by atoms with van der Waals surface area (Å²) in [5.74, 6) is -0.531. The zero-order chi connectivity index (χ0) is 63.5. The lowest BCUT2D eigenvalue weighted by molar-refractivity contribution is -0.870. The van der Waals surface area contributed by atoms with E-state index >= 15 is 0 Å². The Balaban J connectivity index is 5.05. The molecule has 0 fully saturated rings. The van der Waals surface area contributed by atoms with Gasteiger partial charge in [0.05, 0.1) is 33.8 Å². The molecule has 0 aliphatic heterocycles. The Morgan fingerprint density at radius 3 is 1.07 bits per heavy atom. The van der Waals surface area contributed by atoms with Crippen molar-refractivity contribution in [3.8, 4) is 0 Å². The molecule has 0 radical (unpaired) electrons. The molecule has 0 aromatic heterocycles. The van der Waals surface area contributed by atoms with Crippen molar-refractivity contribution in [2.45, 2.75) is 367 Å². The lowest BCUT2D eigenvalue weighted by atomic mass is 10.0. The zero-order valence-electron chi connectivity index (χ0n) is 58.2. The number of allylic oxidation sites excluding steroid dienone is 11. The number of carbonyl (C=O) groups excluding carboxylic acids is 2. The summed E-state index contributed by atoms with van der Waals surface area (Å²) in [6.45, 7) is 6.84. The van der Waals surface area contributed by atoms with E-state index in [9.17, 15) is 19.0 Å². The molecular formula is C77H143N2O7P. The number of esters is 1. The number of rotatable bonds is 68. The van der Waals surface area contributed by atoms with Crippen LogP contribution in [0.1, 0.15) is 355 Å². The van der Waals surface area contributed by atoms with Gasteiger partial charge in [-0.15, -0.1) is 0 Å². The zero-order valence-corrected chi connectivity index (χ0v) is 59.1. The average Bonchev–Trinajstić information content (AvgIpc) is 3.70. The number of likely N-dealkylation sites (N-methyl/N-ethyl adjacent to an activating group) is 1. The number of nitrogens with one attached hydrogen (secondary N) is 1. The first kappa shape index (κ1) is 84.5. The van der Waals surface area contributed by atoms with Gasteiger partial charge in [-0.2, -0.15) is 0 Å². The van der Waals surface area contributed by atoms with Crippen LogP contribution in [0.25, 0.3) is 0 Å². The van der Waals surface area contributed by atoms with Crippen LogP contribution in [0.15, 0.2) is 72.9 Å². The molecule has 87 heavy (non-hydrogen) atoms. The molecule has 0 aliphatic carbocycles. The summed E-state index contributed by atoms with van der Waals surface area (Å²) in [4.78, 5) is 40.3. The van der Waals surface area contributed by atoms with E-state index in [-0.39, 0.29) is 31.5 Å². The maximum Gasteiger partial charge on any atom is 0.306 e. The molecule has 10 heteroatoms. The molecule has 3 atom stereocenters. The topological polar surface area (TPSA) is 114 Å². The second kappa shape index (κ2) is 66.4. The Morgan fingerprint density at radius 2 is 0.701 bits per heavy atom. The third-order valence-corrected chi connectivity index (χ3v) is 17.6. The van der Waals surface area contributed by atoms with E-state index in [1.807, 2.05) is 33.3 Å². The first-order valence-electron chi connectivity index (χ1n) is 37.2. The molecular weight excluding hydrogens is 1100 g/mol. The molecule has 1 N–H and O–H groups in total. The van der Waals surface area contributed by atoms with E-state index in [0.717, 1.165) is 77.0 Å². The van der Waals surface area contributed by atoms with Crippen molar-refractivity contribution < 1.29 is 37.3 Å². The average molecular weight is 1240 g/mol. The highest BCUT2D eigenvalue weighted by molar-refractivity contribution is 7.45. The molecule has 3 unspecified atom stereocenters. The van der Waals surface area contributed by atoms with Gasteiger partial charge in [0.15, 0.2) is 0 Å². The van der Waals surface area contributed by atoms with Crippen molar-refractivity contribution >= 4 is 19.7 Å². The van der Waals surface area contributed by atoms with Gasteiger partial charge in [0.2, 0.25) is 5.91 Å². The van der Waals surface area contributed by atoms with Crippen molar-refractivity contribution in [1.82, 2.24) is 5.32 Å². The quantitative estimate of drug-likeness (QED) is 0.0212. The van der Waals surface area contributed by atoms with Gasteiger partial charge in [0, 0.05) is 12.8 Å². The highest BCUT2D eigenvalue weighted by atomic mass is 31.2. The Hall–Kier alpha value is -2.55. The number of unbranched alkanes of at least 4 members (excludes halogenated alkanes) is 42. The van der Waals surface area contributed by atoms with Gasteiger partial charge in [-0.05, 0) is 102 Å². The van der Waals surface area contributed by atoms with E-state index in [2.05, 4.69) is 86.8 Å². The minimum Gasteiger partial charge on any atom is -0.756 e. The fourth-order valence-corrected chi connectivity index (χ4v) is 11.6. The van der Waals surface area contributed by atoms with Gasteiger partial charge in [0.1, 0.15) is 19.3 Å². The van der Waals surface area contributed by atoms with Gasteiger partial charge < -0.3 is 28.5 Å². The number of hydrogen-bond donors (Lipinski definition) is 1. The first-order valence-corrected chi connectivity index (χ1v) is 38.7. The SMILES string of the molecule is CCCCC/C=C\C/C=C\C/C=C\CCCCCCCCCCCCCCC(=O)NC(COP(=O)([O-])OCC[N+](C)(C)C)C(/C=C/CCCCCCCCCCCCC)OC(=O)CCCCCCCCCCCCCCC/C=C\C/C=C\CCCCC. The number of phosphoric ester groups is 1. The molecule has 1 amide bonds. The minimum absolute atomic E-state index is 0.0233. The lowest BCUT2D eigenvalue weighted by Crippen LogP contribution is -2.47.